The Morgan fingerprint density at radius 1 is 1.07 bits per heavy atom. The molecule has 7 heteroatoms. The van der Waals surface area contributed by atoms with Gasteiger partial charge in [0.2, 0.25) is 0 Å². The maximum absolute atomic E-state index is 12.6. The van der Waals surface area contributed by atoms with Crippen LogP contribution in [0.25, 0.3) is 21.5 Å². The molecule has 3 N–H and O–H groups in total. The number of thiophene rings is 1. The number of carbonyl (C=O) groups is 1. The molecule has 0 fully saturated rings. The first-order valence-corrected chi connectivity index (χ1v) is 9.93. The van der Waals surface area contributed by atoms with Crippen molar-refractivity contribution in [3.8, 4) is 11.3 Å². The summed E-state index contributed by atoms with van der Waals surface area (Å²) in [5.41, 5.74) is 9.59. The van der Waals surface area contributed by atoms with E-state index in [-0.39, 0.29) is 5.91 Å². The minimum atomic E-state index is -0.181. The predicted molar refractivity (Wildman–Crippen MR) is 115 cm³/mol. The van der Waals surface area contributed by atoms with E-state index in [0.717, 1.165) is 33.5 Å². The highest BCUT2D eigenvalue weighted by atomic mass is 35.5. The fourth-order valence-corrected chi connectivity index (χ4v) is 4.04. The van der Waals surface area contributed by atoms with Gasteiger partial charge in [0, 0.05) is 34.9 Å². The van der Waals surface area contributed by atoms with Crippen LogP contribution in [0, 0.1) is 0 Å². The number of fused-ring (bicyclic) bond motifs is 1. The third kappa shape index (κ3) is 3.83. The topological polar surface area (TPSA) is 80.9 Å². The highest BCUT2D eigenvalue weighted by molar-refractivity contribution is 7.21. The van der Waals surface area contributed by atoms with Crippen LogP contribution in [-0.2, 0) is 6.42 Å². The average molecular weight is 409 g/mol. The number of pyridine rings is 2. The van der Waals surface area contributed by atoms with Crippen LogP contribution in [0.15, 0.2) is 60.9 Å². The Kier molecular flexibility index (Phi) is 5.23. The molecule has 1 amide bonds. The summed E-state index contributed by atoms with van der Waals surface area (Å²) in [4.78, 5) is 22.5. The highest BCUT2D eigenvalue weighted by Crippen LogP contribution is 2.34. The smallest absolute Gasteiger partial charge is 0.263 e. The Labute approximate surface area is 171 Å². The Hall–Kier alpha value is -2.96. The van der Waals surface area contributed by atoms with Gasteiger partial charge in [-0.25, -0.2) is 4.98 Å². The van der Waals surface area contributed by atoms with Crippen molar-refractivity contribution in [3.63, 3.8) is 0 Å². The first kappa shape index (κ1) is 18.4. The van der Waals surface area contributed by atoms with Gasteiger partial charge in [0.25, 0.3) is 5.91 Å². The summed E-state index contributed by atoms with van der Waals surface area (Å²) in [6.07, 6.45) is 4.17. The van der Waals surface area contributed by atoms with Crippen molar-refractivity contribution in [1.82, 2.24) is 15.3 Å². The molecule has 28 heavy (non-hydrogen) atoms. The van der Waals surface area contributed by atoms with Crippen molar-refractivity contribution in [3.05, 3.63) is 76.4 Å². The van der Waals surface area contributed by atoms with Crippen molar-refractivity contribution in [2.45, 2.75) is 6.42 Å². The number of hydrogen-bond donors (Lipinski definition) is 2. The lowest BCUT2D eigenvalue weighted by atomic mass is 10.1. The zero-order valence-corrected chi connectivity index (χ0v) is 16.4. The molecule has 5 nitrogen and oxygen atoms in total. The van der Waals surface area contributed by atoms with E-state index in [2.05, 4.69) is 15.3 Å². The molecule has 0 bridgehead atoms. The van der Waals surface area contributed by atoms with Gasteiger partial charge in [0.1, 0.15) is 9.71 Å². The normalized spacial score (nSPS) is 10.9. The minimum Gasteiger partial charge on any atom is -0.397 e. The number of anilines is 1. The molecule has 0 radical (unpaired) electrons. The zero-order chi connectivity index (χ0) is 19.5. The standard InChI is InChI=1S/C21H17ClN4OS/c22-15-3-1-13(2-4-15)7-12-25-20(27)19-18(23)16-5-6-17(26-21(16)28-19)14-8-10-24-11-9-14/h1-6,8-11H,7,12,23H2,(H,25,27). The third-order valence-corrected chi connectivity index (χ3v) is 5.75. The molecule has 0 aliphatic carbocycles. The first-order valence-electron chi connectivity index (χ1n) is 8.74. The quantitative estimate of drug-likeness (QED) is 0.507. The Bertz CT molecular complexity index is 1130. The molecule has 0 spiro atoms. The SMILES string of the molecule is Nc1c(C(=O)NCCc2ccc(Cl)cc2)sc2nc(-c3ccncc3)ccc12. The molecular weight excluding hydrogens is 392 g/mol. The van der Waals surface area contributed by atoms with Crippen molar-refractivity contribution in [1.29, 1.82) is 0 Å². The molecule has 4 aromatic rings. The van der Waals surface area contributed by atoms with Crippen LogP contribution in [0.2, 0.25) is 5.02 Å². The van der Waals surface area contributed by atoms with Gasteiger partial charge in [-0.15, -0.1) is 11.3 Å². The van der Waals surface area contributed by atoms with Crippen LogP contribution >= 0.6 is 22.9 Å². The number of nitrogen functional groups attached to an aromatic ring is 1. The van der Waals surface area contributed by atoms with Crippen molar-refractivity contribution in [2.24, 2.45) is 0 Å². The van der Waals surface area contributed by atoms with E-state index >= 15 is 0 Å². The van der Waals surface area contributed by atoms with Gasteiger partial charge in [-0.3, -0.25) is 9.78 Å². The van der Waals surface area contributed by atoms with Crippen LogP contribution in [0.1, 0.15) is 15.2 Å². The molecule has 0 unspecified atom stereocenters. The van der Waals surface area contributed by atoms with Gasteiger partial charge in [-0.1, -0.05) is 23.7 Å². The number of nitrogens with two attached hydrogens (primary N) is 1. The number of halogens is 1. The van der Waals surface area contributed by atoms with Gasteiger partial charge >= 0.3 is 0 Å². The second-order valence-electron chi connectivity index (χ2n) is 6.26. The largest absolute Gasteiger partial charge is 0.397 e. The van der Waals surface area contributed by atoms with E-state index in [1.807, 2.05) is 48.5 Å². The highest BCUT2D eigenvalue weighted by Gasteiger charge is 2.17. The van der Waals surface area contributed by atoms with E-state index in [9.17, 15) is 4.79 Å². The Balaban J connectivity index is 1.50. The Morgan fingerprint density at radius 2 is 1.82 bits per heavy atom. The Morgan fingerprint density at radius 3 is 2.57 bits per heavy atom. The number of nitrogens with zero attached hydrogens (tertiary/aromatic N) is 2. The van der Waals surface area contributed by atoms with Gasteiger partial charge in [0.05, 0.1) is 11.4 Å². The number of hydrogen-bond acceptors (Lipinski definition) is 5. The lowest BCUT2D eigenvalue weighted by molar-refractivity contribution is 0.0959. The number of aromatic nitrogens is 2. The van der Waals surface area contributed by atoms with Gasteiger partial charge in [-0.05, 0) is 48.4 Å². The van der Waals surface area contributed by atoms with Crippen LogP contribution in [0.4, 0.5) is 5.69 Å². The molecule has 3 heterocycles. The lowest BCUT2D eigenvalue weighted by Crippen LogP contribution is -2.25. The molecule has 0 aliphatic rings. The summed E-state index contributed by atoms with van der Waals surface area (Å²) in [6, 6.07) is 15.2. The summed E-state index contributed by atoms with van der Waals surface area (Å²) in [5.74, 6) is -0.181. The fourth-order valence-electron chi connectivity index (χ4n) is 2.90. The zero-order valence-electron chi connectivity index (χ0n) is 14.9. The molecular formula is C21H17ClN4OS. The van der Waals surface area contributed by atoms with Crippen molar-refractivity contribution >= 4 is 44.7 Å². The molecule has 3 aromatic heterocycles. The summed E-state index contributed by atoms with van der Waals surface area (Å²) < 4.78 is 0. The predicted octanol–water partition coefficient (Wildman–Crippen LogP) is 4.57. The number of carbonyl (C=O) groups excluding carboxylic acids is 1. The molecule has 0 aliphatic heterocycles. The van der Waals surface area contributed by atoms with Crippen molar-refractivity contribution in [2.75, 3.05) is 12.3 Å². The average Bonchev–Trinajstić information content (AvgIpc) is 3.06. The van der Waals surface area contributed by atoms with Crippen LogP contribution in [-0.4, -0.2) is 22.4 Å². The monoisotopic (exact) mass is 408 g/mol. The van der Waals surface area contributed by atoms with Gasteiger partial charge in [-0.2, -0.15) is 0 Å². The van der Waals surface area contributed by atoms with Crippen LogP contribution in [0.5, 0.6) is 0 Å². The first-order chi connectivity index (χ1) is 13.6. The van der Waals surface area contributed by atoms with E-state index in [0.29, 0.717) is 22.1 Å². The number of benzene rings is 1. The lowest BCUT2D eigenvalue weighted by Gasteiger charge is -2.05. The second kappa shape index (κ2) is 7.96. The molecule has 0 atom stereocenters. The molecule has 140 valence electrons. The maximum atomic E-state index is 12.6. The van der Waals surface area contributed by atoms with Gasteiger partial charge in [0.15, 0.2) is 0 Å². The van der Waals surface area contributed by atoms with E-state index < -0.39 is 0 Å². The summed E-state index contributed by atoms with van der Waals surface area (Å²) in [7, 11) is 0. The molecule has 4 rings (SSSR count). The maximum Gasteiger partial charge on any atom is 0.263 e. The summed E-state index contributed by atoms with van der Waals surface area (Å²) in [6.45, 7) is 0.518. The van der Waals surface area contributed by atoms with Crippen molar-refractivity contribution < 1.29 is 4.79 Å². The van der Waals surface area contributed by atoms with Crippen LogP contribution in [0.3, 0.4) is 0 Å². The molecule has 1 aromatic carbocycles. The van der Waals surface area contributed by atoms with Gasteiger partial charge < -0.3 is 11.1 Å². The molecule has 0 saturated carbocycles. The van der Waals surface area contributed by atoms with E-state index in [1.54, 1.807) is 12.4 Å². The van der Waals surface area contributed by atoms with Crippen LogP contribution < -0.4 is 11.1 Å². The van der Waals surface area contributed by atoms with E-state index in [1.165, 1.54) is 11.3 Å². The number of rotatable bonds is 5. The minimum absolute atomic E-state index is 0.181. The summed E-state index contributed by atoms with van der Waals surface area (Å²) in [5, 5.41) is 4.43. The third-order valence-electron chi connectivity index (χ3n) is 4.39. The number of amides is 1. The number of nitrogens with one attached hydrogen (secondary N) is 1. The van der Waals surface area contributed by atoms with E-state index in [4.69, 9.17) is 17.3 Å². The summed E-state index contributed by atoms with van der Waals surface area (Å²) >= 11 is 7.20. The fraction of sp³-hybridized carbons (Fsp3) is 0.0952. The molecule has 0 saturated heterocycles. The second-order valence-corrected chi connectivity index (χ2v) is 7.70.